The molecule has 0 aromatic heterocycles. The van der Waals surface area contributed by atoms with E-state index < -0.39 is 0 Å². The fourth-order valence-corrected chi connectivity index (χ4v) is 0.627. The molecule has 1 unspecified atom stereocenters. The zero-order chi connectivity index (χ0) is 8.69. The molecule has 0 fully saturated rings. The summed E-state index contributed by atoms with van der Waals surface area (Å²) in [5.41, 5.74) is 0. The van der Waals surface area contributed by atoms with Crippen LogP contribution in [0.15, 0.2) is 0 Å². The number of ether oxygens (including phenoxy) is 1. The maximum absolute atomic E-state index is 10.9. The zero-order valence-corrected chi connectivity index (χ0v) is 6.76. The summed E-state index contributed by atoms with van der Waals surface area (Å²) in [5.74, 6) is -0.332. The normalized spacial score (nSPS) is 11.7. The Hall–Kier alpha value is -1.08. The fraction of sp³-hybridized carbons (Fsp3) is 0.714. The number of amides is 1. The maximum atomic E-state index is 10.9. The number of nitrogens with one attached hydrogen (secondary N) is 1. The Kier molecular flexibility index (Phi) is 5.13. The van der Waals surface area contributed by atoms with E-state index in [-0.39, 0.29) is 18.4 Å². The van der Waals surface area contributed by atoms with Gasteiger partial charge in [0, 0.05) is 7.11 Å². The summed E-state index contributed by atoms with van der Waals surface area (Å²) in [6.07, 6.45) is 0. The number of nitriles is 1. The first-order valence-electron chi connectivity index (χ1n) is 3.36. The van der Waals surface area contributed by atoms with Gasteiger partial charge in [-0.3, -0.25) is 4.79 Å². The molecule has 4 nitrogen and oxygen atoms in total. The molecule has 0 saturated carbocycles. The third kappa shape index (κ3) is 4.34. The van der Waals surface area contributed by atoms with Crippen molar-refractivity contribution < 1.29 is 9.53 Å². The zero-order valence-electron chi connectivity index (χ0n) is 6.76. The van der Waals surface area contributed by atoms with Gasteiger partial charge in [-0.15, -0.1) is 0 Å². The number of rotatable bonds is 4. The molecule has 0 heterocycles. The highest BCUT2D eigenvalue weighted by molar-refractivity contribution is 5.78. The van der Waals surface area contributed by atoms with Crippen LogP contribution < -0.4 is 5.32 Å². The minimum Gasteiger partial charge on any atom is -0.384 e. The molecule has 62 valence electrons. The van der Waals surface area contributed by atoms with Gasteiger partial charge in [-0.2, -0.15) is 5.26 Å². The lowest BCUT2D eigenvalue weighted by atomic mass is 10.2. The molecule has 4 heteroatoms. The quantitative estimate of drug-likeness (QED) is 0.578. The van der Waals surface area contributed by atoms with E-state index in [2.05, 4.69) is 5.32 Å². The molecular weight excluding hydrogens is 144 g/mol. The van der Waals surface area contributed by atoms with Gasteiger partial charge in [0.1, 0.15) is 6.54 Å². The number of nitrogens with zero attached hydrogens (tertiary/aromatic N) is 1. The smallest absolute Gasteiger partial charge is 0.225 e. The van der Waals surface area contributed by atoms with E-state index in [9.17, 15) is 4.79 Å². The summed E-state index contributed by atoms with van der Waals surface area (Å²) in [4.78, 5) is 10.9. The molecule has 0 aliphatic heterocycles. The van der Waals surface area contributed by atoms with Crippen LogP contribution in [0.5, 0.6) is 0 Å². The molecule has 1 atom stereocenters. The van der Waals surface area contributed by atoms with Crippen LogP contribution in [-0.4, -0.2) is 26.2 Å². The molecule has 0 saturated heterocycles. The number of hydrogen-bond donors (Lipinski definition) is 1. The van der Waals surface area contributed by atoms with Crippen molar-refractivity contribution >= 4 is 5.91 Å². The van der Waals surface area contributed by atoms with Crippen molar-refractivity contribution in [1.29, 1.82) is 5.26 Å². The number of carbonyl (C=O) groups is 1. The Morgan fingerprint density at radius 2 is 2.45 bits per heavy atom. The highest BCUT2D eigenvalue weighted by Gasteiger charge is 2.10. The van der Waals surface area contributed by atoms with Gasteiger partial charge in [0.05, 0.1) is 18.6 Å². The highest BCUT2D eigenvalue weighted by Crippen LogP contribution is 1.93. The van der Waals surface area contributed by atoms with Crippen molar-refractivity contribution in [3.8, 4) is 6.07 Å². The Morgan fingerprint density at radius 1 is 1.82 bits per heavy atom. The van der Waals surface area contributed by atoms with Crippen LogP contribution in [-0.2, 0) is 9.53 Å². The molecule has 0 aromatic carbocycles. The molecule has 11 heavy (non-hydrogen) atoms. The standard InChI is InChI=1S/C7H12N2O2/c1-6(5-11-2)7(10)9-4-3-8/h6H,4-5H2,1-2H3,(H,9,10). The Morgan fingerprint density at radius 3 is 2.91 bits per heavy atom. The maximum Gasteiger partial charge on any atom is 0.225 e. The van der Waals surface area contributed by atoms with Gasteiger partial charge in [-0.05, 0) is 0 Å². The summed E-state index contributed by atoms with van der Waals surface area (Å²) < 4.78 is 4.76. The van der Waals surface area contributed by atoms with E-state index in [0.717, 1.165) is 0 Å². The lowest BCUT2D eigenvalue weighted by molar-refractivity contribution is -0.125. The van der Waals surface area contributed by atoms with Crippen molar-refractivity contribution in [2.45, 2.75) is 6.92 Å². The minimum absolute atomic E-state index is 0.0624. The van der Waals surface area contributed by atoms with Gasteiger partial charge in [-0.25, -0.2) is 0 Å². The summed E-state index contributed by atoms with van der Waals surface area (Å²) in [5, 5.41) is 10.6. The summed E-state index contributed by atoms with van der Waals surface area (Å²) >= 11 is 0. The fourth-order valence-electron chi connectivity index (χ4n) is 0.627. The van der Waals surface area contributed by atoms with E-state index in [4.69, 9.17) is 10.00 Å². The largest absolute Gasteiger partial charge is 0.384 e. The summed E-state index contributed by atoms with van der Waals surface area (Å²) in [6.45, 7) is 2.19. The first kappa shape index (κ1) is 9.92. The van der Waals surface area contributed by atoms with Crippen LogP contribution in [0.2, 0.25) is 0 Å². The van der Waals surface area contributed by atoms with Crippen molar-refractivity contribution in [3.63, 3.8) is 0 Å². The first-order valence-corrected chi connectivity index (χ1v) is 3.36. The molecular formula is C7H12N2O2. The third-order valence-corrected chi connectivity index (χ3v) is 1.21. The van der Waals surface area contributed by atoms with Crippen molar-refractivity contribution in [1.82, 2.24) is 5.32 Å². The Bertz CT molecular complexity index is 162. The van der Waals surface area contributed by atoms with Crippen LogP contribution in [0, 0.1) is 17.2 Å². The van der Waals surface area contributed by atoms with Crippen LogP contribution in [0.4, 0.5) is 0 Å². The average molecular weight is 156 g/mol. The first-order chi connectivity index (χ1) is 5.22. The summed E-state index contributed by atoms with van der Waals surface area (Å²) in [6, 6.07) is 1.82. The molecule has 1 N–H and O–H groups in total. The molecule has 0 rings (SSSR count). The topological polar surface area (TPSA) is 62.1 Å². The lowest BCUT2D eigenvalue weighted by Crippen LogP contribution is -2.31. The van der Waals surface area contributed by atoms with E-state index in [1.807, 2.05) is 6.07 Å². The summed E-state index contributed by atoms with van der Waals surface area (Å²) in [7, 11) is 1.54. The number of methoxy groups -OCH3 is 1. The Balaban J connectivity index is 3.57. The second-order valence-electron chi connectivity index (χ2n) is 2.23. The minimum atomic E-state index is -0.187. The Labute approximate surface area is 66.1 Å². The van der Waals surface area contributed by atoms with Crippen LogP contribution in [0.3, 0.4) is 0 Å². The number of carbonyl (C=O) groups excluding carboxylic acids is 1. The SMILES string of the molecule is COCC(C)C(=O)NCC#N. The van der Waals surface area contributed by atoms with Gasteiger partial charge in [0.25, 0.3) is 0 Å². The van der Waals surface area contributed by atoms with E-state index in [0.29, 0.717) is 6.61 Å². The van der Waals surface area contributed by atoms with Gasteiger partial charge < -0.3 is 10.1 Å². The third-order valence-electron chi connectivity index (χ3n) is 1.21. The van der Waals surface area contributed by atoms with Gasteiger partial charge in [0.15, 0.2) is 0 Å². The molecule has 0 spiro atoms. The molecule has 0 aromatic rings. The highest BCUT2D eigenvalue weighted by atomic mass is 16.5. The molecule has 0 bridgehead atoms. The van der Waals surface area contributed by atoms with Crippen LogP contribution in [0.25, 0.3) is 0 Å². The average Bonchev–Trinajstić information content (AvgIpc) is 2.00. The van der Waals surface area contributed by atoms with Crippen molar-refractivity contribution in [2.24, 2.45) is 5.92 Å². The van der Waals surface area contributed by atoms with E-state index >= 15 is 0 Å². The van der Waals surface area contributed by atoms with Crippen molar-refractivity contribution in [2.75, 3.05) is 20.3 Å². The number of hydrogen-bond acceptors (Lipinski definition) is 3. The lowest BCUT2D eigenvalue weighted by Gasteiger charge is -2.07. The van der Waals surface area contributed by atoms with Gasteiger partial charge >= 0.3 is 0 Å². The van der Waals surface area contributed by atoms with Crippen LogP contribution in [0.1, 0.15) is 6.92 Å². The second kappa shape index (κ2) is 5.69. The molecule has 0 aliphatic carbocycles. The predicted octanol–water partition coefficient (Wildman–Crippen LogP) is -0.0913. The van der Waals surface area contributed by atoms with Crippen molar-refractivity contribution in [3.05, 3.63) is 0 Å². The van der Waals surface area contributed by atoms with Crippen LogP contribution >= 0.6 is 0 Å². The van der Waals surface area contributed by atoms with E-state index in [1.165, 1.54) is 7.11 Å². The predicted molar refractivity (Wildman–Crippen MR) is 39.7 cm³/mol. The van der Waals surface area contributed by atoms with Gasteiger partial charge in [-0.1, -0.05) is 6.92 Å². The van der Waals surface area contributed by atoms with E-state index in [1.54, 1.807) is 6.92 Å². The second-order valence-corrected chi connectivity index (χ2v) is 2.23. The monoisotopic (exact) mass is 156 g/mol. The molecule has 1 amide bonds. The molecule has 0 radical (unpaired) electrons. The van der Waals surface area contributed by atoms with Gasteiger partial charge in [0.2, 0.25) is 5.91 Å². The molecule has 0 aliphatic rings.